The number of nitrogens with one attached hydrogen (secondary N) is 1. The van der Waals surface area contributed by atoms with Gasteiger partial charge in [0.15, 0.2) is 5.78 Å². The number of amides is 2. The number of methoxy groups -OCH3 is 2. The second kappa shape index (κ2) is 8.12. The lowest BCUT2D eigenvalue weighted by molar-refractivity contribution is -0.122. The van der Waals surface area contributed by atoms with Crippen molar-refractivity contribution < 1.29 is 23.9 Å². The molecule has 0 radical (unpaired) electrons. The zero-order valence-electron chi connectivity index (χ0n) is 16.0. The Labute approximate surface area is 163 Å². The van der Waals surface area contributed by atoms with Crippen molar-refractivity contribution in [3.63, 3.8) is 0 Å². The van der Waals surface area contributed by atoms with E-state index < -0.39 is 5.92 Å². The lowest BCUT2D eigenvalue weighted by atomic mass is 10.1. The van der Waals surface area contributed by atoms with E-state index in [1.54, 1.807) is 54.5 Å². The number of nitrogens with zero attached hydrogens (tertiary/aromatic N) is 1. The third-order valence-electron chi connectivity index (χ3n) is 4.73. The Bertz CT molecular complexity index is 908. The minimum Gasteiger partial charge on any atom is -0.497 e. The normalized spacial score (nSPS) is 16.0. The topological polar surface area (TPSA) is 84.9 Å². The third kappa shape index (κ3) is 3.98. The van der Waals surface area contributed by atoms with Crippen LogP contribution in [0, 0.1) is 5.92 Å². The van der Waals surface area contributed by atoms with Crippen molar-refractivity contribution in [3.8, 4) is 11.5 Å². The van der Waals surface area contributed by atoms with Crippen LogP contribution in [0.4, 0.5) is 11.4 Å². The summed E-state index contributed by atoms with van der Waals surface area (Å²) in [6, 6.07) is 11.9. The molecule has 146 valence electrons. The Morgan fingerprint density at radius 3 is 2.39 bits per heavy atom. The first-order chi connectivity index (χ1) is 13.4. The molecule has 7 heteroatoms. The van der Waals surface area contributed by atoms with Crippen LogP contribution in [-0.2, 0) is 9.59 Å². The molecular formula is C21H22N2O5. The van der Waals surface area contributed by atoms with Gasteiger partial charge in [-0.2, -0.15) is 0 Å². The van der Waals surface area contributed by atoms with Crippen LogP contribution in [0.5, 0.6) is 11.5 Å². The molecule has 1 heterocycles. The molecule has 1 atom stereocenters. The number of benzene rings is 2. The third-order valence-corrected chi connectivity index (χ3v) is 4.73. The van der Waals surface area contributed by atoms with Gasteiger partial charge in [0.05, 0.1) is 25.8 Å². The number of anilines is 2. The van der Waals surface area contributed by atoms with Crippen molar-refractivity contribution in [2.75, 3.05) is 31.0 Å². The summed E-state index contributed by atoms with van der Waals surface area (Å²) >= 11 is 0. The van der Waals surface area contributed by atoms with Crippen molar-refractivity contribution in [3.05, 3.63) is 48.0 Å². The Kier molecular flexibility index (Phi) is 5.63. The van der Waals surface area contributed by atoms with Crippen LogP contribution in [0.25, 0.3) is 0 Å². The Morgan fingerprint density at radius 2 is 1.79 bits per heavy atom. The molecule has 7 nitrogen and oxygen atoms in total. The van der Waals surface area contributed by atoms with Crippen molar-refractivity contribution >= 4 is 29.0 Å². The van der Waals surface area contributed by atoms with E-state index in [2.05, 4.69) is 5.32 Å². The van der Waals surface area contributed by atoms with Crippen LogP contribution < -0.4 is 19.7 Å². The van der Waals surface area contributed by atoms with E-state index in [0.717, 1.165) is 0 Å². The number of hydrogen-bond acceptors (Lipinski definition) is 5. The van der Waals surface area contributed by atoms with E-state index in [4.69, 9.17) is 9.47 Å². The number of ketones is 1. The van der Waals surface area contributed by atoms with Crippen molar-refractivity contribution in [1.82, 2.24) is 0 Å². The fraction of sp³-hybridized carbons (Fsp3) is 0.286. The van der Waals surface area contributed by atoms with Crippen LogP contribution >= 0.6 is 0 Å². The monoisotopic (exact) mass is 382 g/mol. The molecule has 0 spiro atoms. The number of carbonyl (C=O) groups excluding carboxylic acids is 3. The molecule has 0 bridgehead atoms. The Morgan fingerprint density at radius 1 is 1.07 bits per heavy atom. The standard InChI is InChI=1S/C21H22N2O5/c1-13(24)14-4-6-16(7-5-14)22-21(26)15-10-20(25)23(12-15)18-11-17(27-2)8-9-19(18)28-3/h4-9,11,15H,10,12H2,1-3H3,(H,22,26)/t15-/m1/s1. The molecule has 2 aromatic rings. The van der Waals surface area contributed by atoms with E-state index in [-0.39, 0.29) is 30.6 Å². The maximum Gasteiger partial charge on any atom is 0.229 e. The quantitative estimate of drug-likeness (QED) is 0.777. The number of hydrogen-bond donors (Lipinski definition) is 1. The summed E-state index contributed by atoms with van der Waals surface area (Å²) in [5.74, 6) is 0.210. The summed E-state index contributed by atoms with van der Waals surface area (Å²) in [5, 5.41) is 2.81. The van der Waals surface area contributed by atoms with E-state index >= 15 is 0 Å². The Hall–Kier alpha value is -3.35. The molecule has 0 aliphatic carbocycles. The molecule has 28 heavy (non-hydrogen) atoms. The highest BCUT2D eigenvalue weighted by atomic mass is 16.5. The molecule has 1 saturated heterocycles. The molecule has 0 saturated carbocycles. The SMILES string of the molecule is COc1ccc(OC)c(N2C[C@H](C(=O)Nc3ccc(C(C)=O)cc3)CC2=O)c1. The first-order valence-electron chi connectivity index (χ1n) is 8.87. The molecule has 2 aromatic carbocycles. The summed E-state index contributed by atoms with van der Waals surface area (Å²) in [6.45, 7) is 1.74. The summed E-state index contributed by atoms with van der Waals surface area (Å²) in [6.07, 6.45) is 0.109. The van der Waals surface area contributed by atoms with Gasteiger partial charge in [0.1, 0.15) is 11.5 Å². The predicted octanol–water partition coefficient (Wildman–Crippen LogP) is 2.90. The van der Waals surface area contributed by atoms with Crippen LogP contribution in [0.3, 0.4) is 0 Å². The maximum atomic E-state index is 12.6. The van der Waals surface area contributed by atoms with E-state index in [1.165, 1.54) is 14.0 Å². The van der Waals surface area contributed by atoms with Gasteiger partial charge in [0, 0.05) is 30.3 Å². The summed E-state index contributed by atoms with van der Waals surface area (Å²) in [4.78, 5) is 38.1. The number of rotatable bonds is 6. The van der Waals surface area contributed by atoms with Gasteiger partial charge in [0.25, 0.3) is 0 Å². The van der Waals surface area contributed by atoms with Gasteiger partial charge in [-0.05, 0) is 43.3 Å². The molecule has 1 N–H and O–H groups in total. The fourth-order valence-corrected chi connectivity index (χ4v) is 3.16. The summed E-state index contributed by atoms with van der Waals surface area (Å²) < 4.78 is 10.6. The lowest BCUT2D eigenvalue weighted by Gasteiger charge is -2.20. The highest BCUT2D eigenvalue weighted by Gasteiger charge is 2.36. The number of Topliss-reactive ketones (excluding diaryl/α,β-unsaturated/α-hetero) is 1. The molecule has 1 aliphatic heterocycles. The smallest absolute Gasteiger partial charge is 0.229 e. The minimum atomic E-state index is -0.490. The van der Waals surface area contributed by atoms with E-state index in [9.17, 15) is 14.4 Å². The van der Waals surface area contributed by atoms with Gasteiger partial charge in [-0.25, -0.2) is 0 Å². The van der Waals surface area contributed by atoms with Gasteiger partial charge in [-0.3, -0.25) is 14.4 Å². The van der Waals surface area contributed by atoms with Crippen LogP contribution in [0.1, 0.15) is 23.7 Å². The van der Waals surface area contributed by atoms with Crippen LogP contribution in [-0.4, -0.2) is 38.4 Å². The highest BCUT2D eigenvalue weighted by molar-refractivity contribution is 6.04. The average Bonchev–Trinajstić information content (AvgIpc) is 3.09. The zero-order valence-corrected chi connectivity index (χ0v) is 16.0. The molecule has 3 rings (SSSR count). The summed E-state index contributed by atoms with van der Waals surface area (Å²) in [7, 11) is 3.08. The fourth-order valence-electron chi connectivity index (χ4n) is 3.16. The predicted molar refractivity (Wildman–Crippen MR) is 105 cm³/mol. The largest absolute Gasteiger partial charge is 0.497 e. The molecule has 2 amide bonds. The van der Waals surface area contributed by atoms with Crippen LogP contribution in [0.15, 0.2) is 42.5 Å². The van der Waals surface area contributed by atoms with Crippen molar-refractivity contribution in [1.29, 1.82) is 0 Å². The average molecular weight is 382 g/mol. The first-order valence-corrected chi connectivity index (χ1v) is 8.87. The van der Waals surface area contributed by atoms with Crippen molar-refractivity contribution in [2.45, 2.75) is 13.3 Å². The van der Waals surface area contributed by atoms with Gasteiger partial charge in [0.2, 0.25) is 11.8 Å². The highest BCUT2D eigenvalue weighted by Crippen LogP contribution is 2.36. The zero-order chi connectivity index (χ0) is 20.3. The van der Waals surface area contributed by atoms with E-state index in [0.29, 0.717) is 28.4 Å². The summed E-state index contributed by atoms with van der Waals surface area (Å²) in [5.41, 5.74) is 1.73. The molecular weight excluding hydrogens is 360 g/mol. The first kappa shape index (κ1) is 19.4. The second-order valence-corrected chi connectivity index (χ2v) is 6.57. The lowest BCUT2D eigenvalue weighted by Crippen LogP contribution is -2.28. The van der Waals surface area contributed by atoms with Gasteiger partial charge < -0.3 is 19.7 Å². The van der Waals surface area contributed by atoms with E-state index in [1.807, 2.05) is 0 Å². The molecule has 1 aliphatic rings. The number of carbonyl (C=O) groups is 3. The van der Waals surface area contributed by atoms with Crippen molar-refractivity contribution in [2.24, 2.45) is 5.92 Å². The molecule has 0 unspecified atom stereocenters. The van der Waals surface area contributed by atoms with Crippen LogP contribution in [0.2, 0.25) is 0 Å². The second-order valence-electron chi connectivity index (χ2n) is 6.57. The minimum absolute atomic E-state index is 0.0397. The molecule has 0 aromatic heterocycles. The molecule has 1 fully saturated rings. The number of ether oxygens (including phenoxy) is 2. The van der Waals surface area contributed by atoms with Gasteiger partial charge in [-0.15, -0.1) is 0 Å². The Balaban J connectivity index is 1.73. The van der Waals surface area contributed by atoms with Gasteiger partial charge >= 0.3 is 0 Å². The maximum absolute atomic E-state index is 12.6. The van der Waals surface area contributed by atoms with Gasteiger partial charge in [-0.1, -0.05) is 0 Å².